The second-order valence-electron chi connectivity index (χ2n) is 2.38. The van der Waals surface area contributed by atoms with Crippen molar-refractivity contribution in [2.45, 2.75) is 5.25 Å². The molecule has 1 aliphatic heterocycles. The van der Waals surface area contributed by atoms with Crippen molar-refractivity contribution in [2.75, 3.05) is 26.0 Å². The maximum atomic E-state index is 8.81. The maximum absolute atomic E-state index is 8.81. The highest BCUT2D eigenvalue weighted by atomic mass is 32.2. The molecular formula is C6H13NOS. The van der Waals surface area contributed by atoms with Crippen LogP contribution in [-0.4, -0.2) is 36.3 Å². The Bertz CT molecular complexity index is 79.1. The molecule has 0 amide bonds. The smallest absolute Gasteiger partial charge is 0.0482 e. The minimum Gasteiger partial charge on any atom is -0.396 e. The lowest BCUT2D eigenvalue weighted by Crippen LogP contribution is -2.17. The van der Waals surface area contributed by atoms with Crippen molar-refractivity contribution in [2.24, 2.45) is 5.92 Å². The van der Waals surface area contributed by atoms with E-state index in [1.807, 2.05) is 11.8 Å². The van der Waals surface area contributed by atoms with Gasteiger partial charge in [0.05, 0.1) is 0 Å². The molecular weight excluding hydrogens is 134 g/mol. The summed E-state index contributed by atoms with van der Waals surface area (Å²) in [4.78, 5) is 0. The lowest BCUT2D eigenvalue weighted by molar-refractivity contribution is 0.240. The third kappa shape index (κ3) is 1.60. The van der Waals surface area contributed by atoms with Crippen LogP contribution in [0.4, 0.5) is 0 Å². The molecule has 2 N–H and O–H groups in total. The molecule has 54 valence electrons. The first-order chi connectivity index (χ1) is 4.38. The molecule has 1 saturated heterocycles. The zero-order valence-corrected chi connectivity index (χ0v) is 6.45. The summed E-state index contributed by atoms with van der Waals surface area (Å²) in [5.74, 6) is 0.486. The summed E-state index contributed by atoms with van der Waals surface area (Å²) in [6.45, 7) is 2.38. The van der Waals surface area contributed by atoms with Crippen LogP contribution in [0.3, 0.4) is 0 Å². The maximum Gasteiger partial charge on any atom is 0.0482 e. The Morgan fingerprint density at radius 3 is 2.89 bits per heavy atom. The van der Waals surface area contributed by atoms with Gasteiger partial charge in [0.15, 0.2) is 0 Å². The molecule has 0 aromatic heterocycles. The lowest BCUT2D eigenvalue weighted by Gasteiger charge is -2.11. The Morgan fingerprint density at radius 2 is 2.44 bits per heavy atom. The summed E-state index contributed by atoms with van der Waals surface area (Å²) in [5.41, 5.74) is 0. The van der Waals surface area contributed by atoms with E-state index in [1.54, 1.807) is 0 Å². The number of hydrogen-bond donors (Lipinski definition) is 2. The first kappa shape index (κ1) is 7.38. The van der Waals surface area contributed by atoms with Gasteiger partial charge in [0.1, 0.15) is 0 Å². The Balaban J connectivity index is 2.32. The van der Waals surface area contributed by atoms with Crippen molar-refractivity contribution in [3.05, 3.63) is 0 Å². The van der Waals surface area contributed by atoms with Crippen molar-refractivity contribution in [1.82, 2.24) is 5.32 Å². The number of aliphatic hydroxyl groups is 1. The van der Waals surface area contributed by atoms with E-state index >= 15 is 0 Å². The van der Waals surface area contributed by atoms with Crippen LogP contribution in [0.5, 0.6) is 0 Å². The van der Waals surface area contributed by atoms with Crippen LogP contribution in [0.1, 0.15) is 0 Å². The number of aliphatic hydroxyl groups excluding tert-OH is 1. The van der Waals surface area contributed by atoms with Gasteiger partial charge in [-0.15, -0.1) is 0 Å². The van der Waals surface area contributed by atoms with Crippen LogP contribution in [-0.2, 0) is 0 Å². The van der Waals surface area contributed by atoms with E-state index in [4.69, 9.17) is 5.11 Å². The third-order valence-corrected chi connectivity index (χ3v) is 2.97. The summed E-state index contributed by atoms with van der Waals surface area (Å²) >= 11 is 1.84. The van der Waals surface area contributed by atoms with E-state index in [0.717, 1.165) is 13.1 Å². The molecule has 1 rings (SSSR count). The highest BCUT2D eigenvalue weighted by Crippen LogP contribution is 2.19. The number of nitrogens with one attached hydrogen (secondary N) is 1. The van der Waals surface area contributed by atoms with Crippen molar-refractivity contribution < 1.29 is 5.11 Å². The van der Waals surface area contributed by atoms with Crippen LogP contribution < -0.4 is 5.32 Å². The van der Waals surface area contributed by atoms with Gasteiger partial charge in [-0.1, -0.05) is 0 Å². The molecule has 0 radical (unpaired) electrons. The zero-order valence-electron chi connectivity index (χ0n) is 5.63. The normalized spacial score (nSPS) is 35.3. The monoisotopic (exact) mass is 147 g/mol. The zero-order chi connectivity index (χ0) is 6.69. The van der Waals surface area contributed by atoms with Crippen LogP contribution in [0.2, 0.25) is 0 Å². The van der Waals surface area contributed by atoms with Gasteiger partial charge in [-0.05, 0) is 6.26 Å². The SMILES string of the molecule is CSC1CNCC1CO. The molecule has 0 bridgehead atoms. The van der Waals surface area contributed by atoms with Gasteiger partial charge >= 0.3 is 0 Å². The molecule has 2 atom stereocenters. The van der Waals surface area contributed by atoms with E-state index < -0.39 is 0 Å². The van der Waals surface area contributed by atoms with Crippen molar-refractivity contribution in [3.8, 4) is 0 Å². The van der Waals surface area contributed by atoms with Gasteiger partial charge < -0.3 is 10.4 Å². The molecule has 1 heterocycles. The van der Waals surface area contributed by atoms with Crippen LogP contribution in [0.15, 0.2) is 0 Å². The first-order valence-corrected chi connectivity index (χ1v) is 4.51. The Labute approximate surface area is 60.0 Å². The first-order valence-electron chi connectivity index (χ1n) is 3.23. The molecule has 0 aliphatic carbocycles. The molecule has 1 aliphatic rings. The van der Waals surface area contributed by atoms with Gasteiger partial charge in [0.25, 0.3) is 0 Å². The summed E-state index contributed by atoms with van der Waals surface area (Å²) in [6.07, 6.45) is 2.10. The van der Waals surface area contributed by atoms with E-state index in [2.05, 4.69) is 11.6 Å². The summed E-state index contributed by atoms with van der Waals surface area (Å²) < 4.78 is 0. The van der Waals surface area contributed by atoms with Crippen molar-refractivity contribution in [1.29, 1.82) is 0 Å². The van der Waals surface area contributed by atoms with E-state index in [9.17, 15) is 0 Å². The average Bonchev–Trinajstić information content (AvgIpc) is 2.33. The Hall–Kier alpha value is 0.270. The predicted molar refractivity (Wildman–Crippen MR) is 40.7 cm³/mol. The molecule has 2 nitrogen and oxygen atoms in total. The van der Waals surface area contributed by atoms with Crippen LogP contribution in [0.25, 0.3) is 0 Å². The van der Waals surface area contributed by atoms with E-state index in [1.165, 1.54) is 0 Å². The fourth-order valence-corrected chi connectivity index (χ4v) is 2.02. The Kier molecular flexibility index (Phi) is 2.82. The molecule has 0 aromatic carbocycles. The highest BCUT2D eigenvalue weighted by molar-refractivity contribution is 7.99. The molecule has 0 aromatic rings. The molecule has 3 heteroatoms. The molecule has 0 spiro atoms. The molecule has 9 heavy (non-hydrogen) atoms. The third-order valence-electron chi connectivity index (χ3n) is 1.82. The summed E-state index contributed by atoms with van der Waals surface area (Å²) in [7, 11) is 0. The highest BCUT2D eigenvalue weighted by Gasteiger charge is 2.24. The second kappa shape index (κ2) is 3.44. The standard InChI is InChI=1S/C6H13NOS/c1-9-6-3-7-2-5(6)4-8/h5-8H,2-4H2,1H3. The predicted octanol–water partition coefficient (Wildman–Crippen LogP) is -0.0703. The topological polar surface area (TPSA) is 32.3 Å². The minimum atomic E-state index is 0.332. The molecule has 0 saturated carbocycles. The molecule has 2 unspecified atom stereocenters. The van der Waals surface area contributed by atoms with Crippen molar-refractivity contribution in [3.63, 3.8) is 0 Å². The van der Waals surface area contributed by atoms with Gasteiger partial charge in [0, 0.05) is 30.9 Å². The van der Waals surface area contributed by atoms with Gasteiger partial charge in [-0.2, -0.15) is 11.8 Å². The van der Waals surface area contributed by atoms with Gasteiger partial charge in [-0.3, -0.25) is 0 Å². The fourth-order valence-electron chi connectivity index (χ4n) is 1.17. The Morgan fingerprint density at radius 1 is 1.67 bits per heavy atom. The van der Waals surface area contributed by atoms with Crippen LogP contribution in [0, 0.1) is 5.92 Å². The lowest BCUT2D eigenvalue weighted by atomic mass is 10.1. The number of thioether (sulfide) groups is 1. The van der Waals surface area contributed by atoms with E-state index in [0.29, 0.717) is 17.8 Å². The minimum absolute atomic E-state index is 0.332. The van der Waals surface area contributed by atoms with E-state index in [-0.39, 0.29) is 0 Å². The quantitative estimate of drug-likeness (QED) is 0.573. The summed E-state index contributed by atoms with van der Waals surface area (Å²) in [5, 5.41) is 12.7. The number of hydrogen-bond acceptors (Lipinski definition) is 3. The van der Waals surface area contributed by atoms with Gasteiger partial charge in [-0.25, -0.2) is 0 Å². The fraction of sp³-hybridized carbons (Fsp3) is 1.00. The molecule has 1 fully saturated rings. The second-order valence-corrected chi connectivity index (χ2v) is 3.45. The van der Waals surface area contributed by atoms with Crippen LogP contribution >= 0.6 is 11.8 Å². The average molecular weight is 147 g/mol. The van der Waals surface area contributed by atoms with Crippen molar-refractivity contribution >= 4 is 11.8 Å². The summed E-state index contributed by atoms with van der Waals surface area (Å²) in [6, 6.07) is 0. The number of rotatable bonds is 2. The van der Waals surface area contributed by atoms with Gasteiger partial charge in [0.2, 0.25) is 0 Å². The largest absolute Gasteiger partial charge is 0.396 e.